The van der Waals surface area contributed by atoms with Crippen molar-refractivity contribution in [2.24, 2.45) is 0 Å². The minimum atomic E-state index is 0. The minimum absolute atomic E-state index is 0. The van der Waals surface area contributed by atoms with Gasteiger partial charge in [-0.05, 0) is 38.9 Å². The van der Waals surface area contributed by atoms with Crippen molar-refractivity contribution in [2.75, 3.05) is 19.6 Å². The number of hydrogen-bond donors (Lipinski definition) is 0. The van der Waals surface area contributed by atoms with E-state index in [0.29, 0.717) is 0 Å². The van der Waals surface area contributed by atoms with Crippen LogP contribution in [0.15, 0.2) is 0 Å². The van der Waals surface area contributed by atoms with Gasteiger partial charge in [-0.3, -0.25) is 0 Å². The molecule has 0 aliphatic carbocycles. The quantitative estimate of drug-likeness (QED) is 0.685. The van der Waals surface area contributed by atoms with Crippen molar-refractivity contribution in [1.82, 2.24) is 4.90 Å². The summed E-state index contributed by atoms with van der Waals surface area (Å²) in [6.45, 7) is 6.29. The topological polar surface area (TPSA) is 3.24 Å². The molecule has 0 amide bonds. The Morgan fingerprint density at radius 1 is 1.10 bits per heavy atom. The van der Waals surface area contributed by atoms with Gasteiger partial charge in [0.2, 0.25) is 0 Å². The van der Waals surface area contributed by atoms with Gasteiger partial charge in [-0.25, -0.2) is 0 Å². The van der Waals surface area contributed by atoms with Crippen LogP contribution in [0.3, 0.4) is 0 Å². The molecular weight excluding hydrogens is 237 g/mol. The molecule has 1 saturated heterocycles. The summed E-state index contributed by atoms with van der Waals surface area (Å²) in [5.74, 6) is 0. The van der Waals surface area contributed by atoms with E-state index in [1.54, 1.807) is 0 Å². The van der Waals surface area contributed by atoms with E-state index in [2.05, 4.69) is 11.8 Å². The van der Waals surface area contributed by atoms with Gasteiger partial charge in [0, 0.05) is 0 Å². The third-order valence-corrected chi connectivity index (χ3v) is 1.99. The molecule has 0 spiro atoms. The molecule has 0 saturated carbocycles. The molecule has 1 aliphatic heterocycles. The van der Waals surface area contributed by atoms with E-state index in [0.717, 1.165) is 0 Å². The number of likely N-dealkylation sites (tertiary alicyclic amines) is 1. The van der Waals surface area contributed by atoms with Gasteiger partial charge in [0.1, 0.15) is 0 Å². The zero-order valence-electron chi connectivity index (χ0n) is 6.81. The summed E-state index contributed by atoms with van der Waals surface area (Å²) >= 11 is 0. The second-order valence-electron chi connectivity index (χ2n) is 2.90. The first-order valence-electron chi connectivity index (χ1n) is 4.16. The molecule has 0 bridgehead atoms. The van der Waals surface area contributed by atoms with Crippen LogP contribution in [0.4, 0.5) is 0 Å². The predicted octanol–water partition coefficient (Wildman–Crippen LogP) is 2.50. The summed E-state index contributed by atoms with van der Waals surface area (Å²) in [4.78, 5) is 2.57. The van der Waals surface area contributed by atoms with Crippen LogP contribution in [0.25, 0.3) is 0 Å². The summed E-state index contributed by atoms with van der Waals surface area (Å²) in [5, 5.41) is 0. The second kappa shape index (κ2) is 6.40. The van der Waals surface area contributed by atoms with Crippen LogP contribution >= 0.6 is 24.0 Å². The molecule has 0 aromatic rings. The van der Waals surface area contributed by atoms with Gasteiger partial charge < -0.3 is 4.90 Å². The van der Waals surface area contributed by atoms with Gasteiger partial charge >= 0.3 is 0 Å². The van der Waals surface area contributed by atoms with Crippen LogP contribution in [-0.4, -0.2) is 24.5 Å². The largest absolute Gasteiger partial charge is 0.303 e. The fraction of sp³-hybridized carbons (Fsp3) is 1.00. The third-order valence-electron chi connectivity index (χ3n) is 1.99. The Morgan fingerprint density at radius 3 is 2.20 bits per heavy atom. The van der Waals surface area contributed by atoms with E-state index >= 15 is 0 Å². The average Bonchev–Trinajstić information content (AvgIpc) is 1.91. The lowest BCUT2D eigenvalue weighted by Crippen LogP contribution is -2.30. The number of piperidine rings is 1. The normalized spacial score (nSPS) is 20.1. The molecule has 0 aromatic heterocycles. The summed E-state index contributed by atoms with van der Waals surface area (Å²) in [6, 6.07) is 0. The highest BCUT2D eigenvalue weighted by atomic mass is 127. The van der Waals surface area contributed by atoms with E-state index in [4.69, 9.17) is 0 Å². The Labute approximate surface area is 81.2 Å². The summed E-state index contributed by atoms with van der Waals surface area (Å²) < 4.78 is 0. The first kappa shape index (κ1) is 10.7. The molecule has 1 nitrogen and oxygen atoms in total. The van der Waals surface area contributed by atoms with Crippen LogP contribution in [0, 0.1) is 0 Å². The molecule has 0 N–H and O–H groups in total. The van der Waals surface area contributed by atoms with Gasteiger partial charge in [0.05, 0.1) is 0 Å². The van der Waals surface area contributed by atoms with Gasteiger partial charge in [-0.2, -0.15) is 0 Å². The first-order valence-corrected chi connectivity index (χ1v) is 4.16. The molecule has 2 heteroatoms. The zero-order chi connectivity index (χ0) is 6.53. The van der Waals surface area contributed by atoms with Gasteiger partial charge in [0.15, 0.2) is 0 Å². The van der Waals surface area contributed by atoms with Crippen molar-refractivity contribution >= 4 is 24.0 Å². The fourth-order valence-corrected chi connectivity index (χ4v) is 1.50. The van der Waals surface area contributed by atoms with Crippen LogP contribution in [0.5, 0.6) is 0 Å². The molecule has 1 heterocycles. The Balaban J connectivity index is 0.000000810. The Bertz CT molecular complexity index is 66.9. The molecule has 1 rings (SSSR count). The lowest BCUT2D eigenvalue weighted by atomic mass is 10.1. The lowest BCUT2D eigenvalue weighted by Gasteiger charge is -2.25. The van der Waals surface area contributed by atoms with E-state index in [-0.39, 0.29) is 24.0 Å². The van der Waals surface area contributed by atoms with Crippen molar-refractivity contribution < 1.29 is 0 Å². The van der Waals surface area contributed by atoms with Crippen LogP contribution in [0.1, 0.15) is 32.6 Å². The first-order chi connectivity index (χ1) is 4.43. The summed E-state index contributed by atoms with van der Waals surface area (Å²) in [7, 11) is 0. The van der Waals surface area contributed by atoms with E-state index in [1.807, 2.05) is 0 Å². The van der Waals surface area contributed by atoms with Crippen molar-refractivity contribution in [3.63, 3.8) is 0 Å². The third kappa shape index (κ3) is 3.76. The van der Waals surface area contributed by atoms with E-state index in [9.17, 15) is 0 Å². The van der Waals surface area contributed by atoms with Crippen LogP contribution in [0.2, 0.25) is 0 Å². The highest BCUT2D eigenvalue weighted by molar-refractivity contribution is 14.0. The zero-order valence-corrected chi connectivity index (χ0v) is 9.14. The van der Waals surface area contributed by atoms with Crippen LogP contribution in [-0.2, 0) is 0 Å². The molecule has 62 valence electrons. The van der Waals surface area contributed by atoms with E-state index in [1.165, 1.54) is 45.3 Å². The average molecular weight is 255 g/mol. The number of nitrogens with zero attached hydrogens (tertiary/aromatic N) is 1. The predicted molar refractivity (Wildman–Crippen MR) is 56.0 cm³/mol. The maximum atomic E-state index is 2.57. The van der Waals surface area contributed by atoms with Crippen molar-refractivity contribution in [3.8, 4) is 0 Å². The summed E-state index contributed by atoms with van der Waals surface area (Å²) in [6.07, 6.45) is 5.64. The molecule has 0 unspecified atom stereocenters. The number of rotatable bonds is 2. The van der Waals surface area contributed by atoms with Gasteiger partial charge in [-0.1, -0.05) is 13.3 Å². The molecule has 0 aromatic carbocycles. The molecule has 1 aliphatic rings. The SMILES string of the molecule is CCCN1CCCCC1.I. The second-order valence-corrected chi connectivity index (χ2v) is 2.90. The molecule has 1 fully saturated rings. The minimum Gasteiger partial charge on any atom is -0.303 e. The Hall–Kier alpha value is 0.690. The van der Waals surface area contributed by atoms with Crippen molar-refractivity contribution in [3.05, 3.63) is 0 Å². The van der Waals surface area contributed by atoms with Gasteiger partial charge in [-0.15, -0.1) is 24.0 Å². The standard InChI is InChI=1S/C8H17N.HI/c1-2-6-9-7-4-3-5-8-9;/h2-8H2,1H3;1H. The monoisotopic (exact) mass is 255 g/mol. The van der Waals surface area contributed by atoms with Crippen LogP contribution < -0.4 is 0 Å². The molecule has 0 radical (unpaired) electrons. The van der Waals surface area contributed by atoms with E-state index < -0.39 is 0 Å². The van der Waals surface area contributed by atoms with Crippen molar-refractivity contribution in [1.29, 1.82) is 0 Å². The lowest BCUT2D eigenvalue weighted by molar-refractivity contribution is 0.229. The smallest absolute Gasteiger partial charge is 0.00187 e. The summed E-state index contributed by atoms with van der Waals surface area (Å²) in [5.41, 5.74) is 0. The van der Waals surface area contributed by atoms with Crippen molar-refractivity contribution in [2.45, 2.75) is 32.6 Å². The fourth-order valence-electron chi connectivity index (χ4n) is 1.50. The van der Waals surface area contributed by atoms with Gasteiger partial charge in [0.25, 0.3) is 0 Å². The Morgan fingerprint density at radius 2 is 1.70 bits per heavy atom. The molecule has 10 heavy (non-hydrogen) atoms. The maximum Gasteiger partial charge on any atom is -0.00187 e. The number of hydrogen-bond acceptors (Lipinski definition) is 1. The number of halogens is 1. The highest BCUT2D eigenvalue weighted by Crippen LogP contribution is 2.07. The molecular formula is C8H18IN. The molecule has 0 atom stereocenters. The Kier molecular flexibility index (Phi) is 6.85. The highest BCUT2D eigenvalue weighted by Gasteiger charge is 2.07. The maximum absolute atomic E-state index is 2.57.